The van der Waals surface area contributed by atoms with Crippen LogP contribution >= 0.6 is 11.7 Å². The van der Waals surface area contributed by atoms with Crippen molar-refractivity contribution in [2.24, 2.45) is 8.73 Å². The van der Waals surface area contributed by atoms with E-state index < -0.39 is 16.1 Å². The van der Waals surface area contributed by atoms with Crippen LogP contribution in [0.4, 0.5) is 11.4 Å². The Labute approximate surface area is 228 Å². The fourth-order valence-electron chi connectivity index (χ4n) is 6.70. The van der Waals surface area contributed by atoms with Crippen molar-refractivity contribution in [1.29, 1.82) is 0 Å². The molecule has 1 aliphatic rings. The van der Waals surface area contributed by atoms with E-state index >= 15 is 0 Å². The van der Waals surface area contributed by atoms with E-state index in [0.717, 1.165) is 33.5 Å². The Bertz CT molecular complexity index is 1180. The fraction of sp³-hybridized carbons (Fsp3) is 0.643. The Morgan fingerprint density at radius 2 is 0.833 bits per heavy atom. The molecular weight excluding hydrogens is 513 g/mol. The van der Waals surface area contributed by atoms with Crippen LogP contribution < -0.4 is 0 Å². The van der Waals surface area contributed by atoms with Gasteiger partial charge in [0.05, 0.1) is 34.2 Å². The number of benzene rings is 1. The minimum absolute atomic E-state index is 0.560. The lowest BCUT2D eigenvalue weighted by atomic mass is 10.0. The Morgan fingerprint density at radius 3 is 1.11 bits per heavy atom. The van der Waals surface area contributed by atoms with Gasteiger partial charge in [0, 0.05) is 0 Å². The molecule has 36 heavy (non-hydrogen) atoms. The molecule has 0 saturated carbocycles. The molecule has 0 amide bonds. The highest BCUT2D eigenvalue weighted by molar-refractivity contribution is 7.58. The van der Waals surface area contributed by atoms with Crippen LogP contribution in [0.25, 0.3) is 11.0 Å². The van der Waals surface area contributed by atoms with Crippen LogP contribution in [0.5, 0.6) is 0 Å². The first-order valence-electron chi connectivity index (χ1n) is 13.3. The molecule has 0 unspecified atom stereocenters. The molecule has 1 aromatic carbocycles. The Morgan fingerprint density at radius 1 is 0.528 bits per heavy atom. The van der Waals surface area contributed by atoms with Crippen LogP contribution in [-0.2, 0) is 11.4 Å². The standard InChI is InChI=1S/C28H42N4S2Si2/c1-17(2)35(18(3)4,19(5)6)15-13-23-25-27(31-33-29-25)24(28-26(23)30-34-32-28)14-16-36(20(7)8,21(9)10)22(11)12/h17-22H,1-12H3. The quantitative estimate of drug-likeness (QED) is 0.225. The third-order valence-electron chi connectivity index (χ3n) is 8.46. The lowest BCUT2D eigenvalue weighted by Gasteiger charge is -2.38. The summed E-state index contributed by atoms with van der Waals surface area (Å²) >= 11 is 2.47. The molecule has 0 atom stereocenters. The van der Waals surface area contributed by atoms with Gasteiger partial charge >= 0.3 is 0 Å². The molecule has 2 heterocycles. The van der Waals surface area contributed by atoms with Gasteiger partial charge in [0.1, 0.15) is 38.6 Å². The van der Waals surface area contributed by atoms with Crippen LogP contribution in [0.1, 0.15) is 94.2 Å². The van der Waals surface area contributed by atoms with E-state index in [1.807, 2.05) is 0 Å². The first-order chi connectivity index (χ1) is 16.8. The van der Waals surface area contributed by atoms with E-state index in [0.29, 0.717) is 33.2 Å². The lowest BCUT2D eigenvalue weighted by molar-refractivity contribution is 0.838. The minimum atomic E-state index is -1.91. The molecule has 0 N–H and O–H groups in total. The van der Waals surface area contributed by atoms with Crippen molar-refractivity contribution in [3.8, 4) is 22.9 Å². The molecule has 0 aliphatic carbocycles. The van der Waals surface area contributed by atoms with Crippen molar-refractivity contribution in [2.45, 2.75) is 116 Å². The molecule has 1 aliphatic heterocycles. The normalized spacial score (nSPS) is 13.6. The van der Waals surface area contributed by atoms with Gasteiger partial charge in [0.25, 0.3) is 0 Å². The average Bonchev–Trinajstić information content (AvgIpc) is 3.43. The van der Waals surface area contributed by atoms with Crippen molar-refractivity contribution < 1.29 is 0 Å². The van der Waals surface area contributed by atoms with Crippen LogP contribution in [0.2, 0.25) is 33.2 Å². The van der Waals surface area contributed by atoms with E-state index in [1.165, 1.54) is 23.1 Å². The largest absolute Gasteiger partial charge is 0.171 e. The summed E-state index contributed by atoms with van der Waals surface area (Å²) in [7, 11) is -3.82. The number of hydrogen-bond acceptors (Lipinski definition) is 5. The Hall–Kier alpha value is -1.59. The number of fused-ring (bicyclic) bond motifs is 2. The monoisotopic (exact) mass is 554 g/mol. The SMILES string of the molecule is CC(C)[Si](C#Cc1c2c(c(C#C[Si](C(C)C)(C(C)C)C(C)C)c3nsnc13)N=S=N2)(C(C)C)C(C)C. The highest BCUT2D eigenvalue weighted by Crippen LogP contribution is 2.45. The van der Waals surface area contributed by atoms with E-state index in [9.17, 15) is 0 Å². The van der Waals surface area contributed by atoms with Gasteiger partial charge in [-0.25, -0.2) is 0 Å². The minimum Gasteiger partial charge on any atom is -0.171 e. The predicted molar refractivity (Wildman–Crippen MR) is 165 cm³/mol. The maximum Gasteiger partial charge on any atom is 0.146 e. The number of nitrogens with zero attached hydrogens (tertiary/aromatic N) is 4. The molecule has 0 bridgehead atoms. The summed E-state index contributed by atoms with van der Waals surface area (Å²) in [6, 6.07) is 0. The van der Waals surface area contributed by atoms with Crippen molar-refractivity contribution in [1.82, 2.24) is 8.75 Å². The first-order valence-corrected chi connectivity index (χ1v) is 19.2. The van der Waals surface area contributed by atoms with Crippen LogP contribution in [-0.4, -0.2) is 24.9 Å². The zero-order chi connectivity index (χ0) is 27.0. The lowest BCUT2D eigenvalue weighted by Crippen LogP contribution is -2.43. The van der Waals surface area contributed by atoms with Crippen LogP contribution in [0.3, 0.4) is 0 Å². The van der Waals surface area contributed by atoms with Gasteiger partial charge in [0.15, 0.2) is 0 Å². The van der Waals surface area contributed by atoms with Crippen molar-refractivity contribution in [3.05, 3.63) is 11.1 Å². The Kier molecular flexibility index (Phi) is 8.88. The first kappa shape index (κ1) is 29.0. The molecule has 3 rings (SSSR count). The summed E-state index contributed by atoms with van der Waals surface area (Å²) in [5.41, 5.74) is 16.2. The van der Waals surface area contributed by atoms with Gasteiger partial charge in [0.2, 0.25) is 0 Å². The molecule has 0 fully saturated rings. The second-order valence-electron chi connectivity index (χ2n) is 12.0. The van der Waals surface area contributed by atoms with Gasteiger partial charge in [-0.15, -0.1) is 11.1 Å². The maximum atomic E-state index is 4.72. The molecule has 0 radical (unpaired) electrons. The molecule has 0 spiro atoms. The number of hydrogen-bond donors (Lipinski definition) is 0. The van der Waals surface area contributed by atoms with Crippen molar-refractivity contribution in [3.63, 3.8) is 0 Å². The van der Waals surface area contributed by atoms with E-state index in [2.05, 4.69) is 106 Å². The van der Waals surface area contributed by atoms with Gasteiger partial charge in [-0.05, 0) is 33.2 Å². The van der Waals surface area contributed by atoms with Gasteiger partial charge < -0.3 is 0 Å². The van der Waals surface area contributed by atoms with Crippen LogP contribution in [0, 0.1) is 22.9 Å². The molecule has 1 aromatic heterocycles. The molecule has 0 saturated heterocycles. The zero-order valence-corrected chi connectivity index (χ0v) is 27.7. The topological polar surface area (TPSA) is 50.5 Å². The smallest absolute Gasteiger partial charge is 0.146 e. The summed E-state index contributed by atoms with van der Waals surface area (Å²) in [5.74, 6) is 7.25. The van der Waals surface area contributed by atoms with Gasteiger partial charge in [-0.2, -0.15) is 17.5 Å². The average molecular weight is 555 g/mol. The maximum absolute atomic E-state index is 4.72. The molecule has 194 valence electrons. The highest BCUT2D eigenvalue weighted by Gasteiger charge is 2.43. The van der Waals surface area contributed by atoms with Gasteiger partial charge in [-0.3, -0.25) is 0 Å². The number of aromatic nitrogens is 2. The van der Waals surface area contributed by atoms with Crippen LogP contribution in [0.15, 0.2) is 8.73 Å². The molecule has 4 nitrogen and oxygen atoms in total. The fourth-order valence-corrected chi connectivity index (χ4v) is 18.2. The summed E-state index contributed by atoms with van der Waals surface area (Å²) in [6.45, 7) is 28.1. The second kappa shape index (κ2) is 11.0. The molecule has 8 heteroatoms. The third kappa shape index (κ3) is 4.71. The van der Waals surface area contributed by atoms with Crippen molar-refractivity contribution >= 4 is 61.6 Å². The second-order valence-corrected chi connectivity index (χ2v) is 24.2. The van der Waals surface area contributed by atoms with E-state index in [1.54, 1.807) is 0 Å². The third-order valence-corrected chi connectivity index (χ3v) is 22.1. The molecule has 2 aromatic rings. The summed E-state index contributed by atoms with van der Waals surface area (Å²) in [6.07, 6.45) is 0. The molecular formula is C28H42N4S2Si2. The number of rotatable bonds is 6. The predicted octanol–water partition coefficient (Wildman–Crippen LogP) is 9.56. The Balaban J connectivity index is 2.31. The zero-order valence-electron chi connectivity index (χ0n) is 24.1. The van der Waals surface area contributed by atoms with E-state index in [4.69, 9.17) is 17.5 Å². The van der Waals surface area contributed by atoms with E-state index in [-0.39, 0.29) is 0 Å². The summed E-state index contributed by atoms with van der Waals surface area (Å²) in [4.78, 5) is 0. The summed E-state index contributed by atoms with van der Waals surface area (Å²) in [5, 5.41) is 0. The van der Waals surface area contributed by atoms with Gasteiger partial charge in [-0.1, -0.05) is 94.9 Å². The summed E-state index contributed by atoms with van der Waals surface area (Å²) < 4.78 is 18.9. The highest BCUT2D eigenvalue weighted by atomic mass is 32.1. The van der Waals surface area contributed by atoms with Crippen molar-refractivity contribution in [2.75, 3.05) is 0 Å².